The molecule has 19 heavy (non-hydrogen) atoms. The predicted octanol–water partition coefficient (Wildman–Crippen LogP) is 3.50. The van der Waals surface area contributed by atoms with Gasteiger partial charge in [-0.25, -0.2) is 4.98 Å². The number of fused-ring (bicyclic) bond motifs is 1. The monoisotopic (exact) mass is 274 g/mol. The van der Waals surface area contributed by atoms with E-state index in [-0.39, 0.29) is 5.75 Å². The summed E-state index contributed by atoms with van der Waals surface area (Å²) in [4.78, 5) is 4.40. The molecule has 1 aromatic heterocycles. The number of hydrogen-bond donors (Lipinski definition) is 2. The van der Waals surface area contributed by atoms with Crippen molar-refractivity contribution in [1.82, 2.24) is 4.98 Å². The highest BCUT2D eigenvalue weighted by atomic mass is 32.2. The normalized spacial score (nSPS) is 16.6. The van der Waals surface area contributed by atoms with Crippen molar-refractivity contribution in [3.05, 3.63) is 30.5 Å². The lowest BCUT2D eigenvalue weighted by Crippen LogP contribution is -2.19. The molecule has 0 atom stereocenters. The van der Waals surface area contributed by atoms with Crippen LogP contribution < -0.4 is 5.32 Å². The largest absolute Gasteiger partial charge is 0.508 e. The van der Waals surface area contributed by atoms with E-state index in [1.54, 1.807) is 12.1 Å². The van der Waals surface area contributed by atoms with Crippen LogP contribution in [-0.2, 0) is 0 Å². The van der Waals surface area contributed by atoms with E-state index in [0.29, 0.717) is 0 Å². The maximum absolute atomic E-state index is 9.61. The molecule has 2 N–H and O–H groups in total. The van der Waals surface area contributed by atoms with Gasteiger partial charge in [-0.15, -0.1) is 0 Å². The lowest BCUT2D eigenvalue weighted by molar-refractivity contribution is 0.476. The average Bonchev–Trinajstić information content (AvgIpc) is 2.46. The van der Waals surface area contributed by atoms with E-state index >= 15 is 0 Å². The molecule has 2 aromatic rings. The number of aromatic nitrogens is 1. The molecule has 1 fully saturated rings. The van der Waals surface area contributed by atoms with E-state index in [2.05, 4.69) is 10.3 Å². The summed E-state index contributed by atoms with van der Waals surface area (Å²) in [5.74, 6) is 4.46. The maximum Gasteiger partial charge on any atom is 0.133 e. The molecule has 0 unspecified atom stereocenters. The SMILES string of the molecule is Oc1ccc2ccnc(NCC3CCSCC3)c2c1. The molecule has 100 valence electrons. The van der Waals surface area contributed by atoms with Gasteiger partial charge in [-0.1, -0.05) is 6.07 Å². The first-order valence-corrected chi connectivity index (χ1v) is 7.88. The zero-order chi connectivity index (χ0) is 13.1. The third-order valence-electron chi connectivity index (χ3n) is 3.65. The Hall–Kier alpha value is -1.42. The molecule has 2 heterocycles. The van der Waals surface area contributed by atoms with Crippen LogP contribution >= 0.6 is 11.8 Å². The number of pyridine rings is 1. The summed E-state index contributed by atoms with van der Waals surface area (Å²) in [5.41, 5.74) is 0. The Labute approximate surface area is 117 Å². The Kier molecular flexibility index (Phi) is 3.78. The minimum absolute atomic E-state index is 0.289. The second-order valence-corrected chi connectivity index (χ2v) is 6.23. The van der Waals surface area contributed by atoms with Crippen molar-refractivity contribution in [1.29, 1.82) is 0 Å². The maximum atomic E-state index is 9.61. The topological polar surface area (TPSA) is 45.2 Å². The molecule has 1 saturated heterocycles. The highest BCUT2D eigenvalue weighted by Gasteiger charge is 2.14. The summed E-state index contributed by atoms with van der Waals surface area (Å²) in [6.07, 6.45) is 4.39. The second-order valence-electron chi connectivity index (χ2n) is 5.00. The van der Waals surface area contributed by atoms with Gasteiger partial charge in [-0.05, 0) is 53.9 Å². The zero-order valence-electron chi connectivity index (χ0n) is 10.8. The van der Waals surface area contributed by atoms with Crippen LogP contribution in [0.3, 0.4) is 0 Å². The number of nitrogens with one attached hydrogen (secondary N) is 1. The average molecular weight is 274 g/mol. The van der Waals surface area contributed by atoms with Crippen molar-refractivity contribution >= 4 is 28.4 Å². The fourth-order valence-electron chi connectivity index (χ4n) is 2.49. The number of benzene rings is 1. The van der Waals surface area contributed by atoms with Gasteiger partial charge in [-0.2, -0.15) is 11.8 Å². The van der Waals surface area contributed by atoms with Crippen molar-refractivity contribution in [2.75, 3.05) is 23.4 Å². The lowest BCUT2D eigenvalue weighted by atomic mass is 10.0. The van der Waals surface area contributed by atoms with E-state index in [9.17, 15) is 5.11 Å². The summed E-state index contributed by atoms with van der Waals surface area (Å²) in [6, 6.07) is 7.39. The van der Waals surface area contributed by atoms with Crippen molar-refractivity contribution in [3.8, 4) is 5.75 Å². The highest BCUT2D eigenvalue weighted by Crippen LogP contribution is 2.27. The fourth-order valence-corrected chi connectivity index (χ4v) is 3.69. The molecular weight excluding hydrogens is 256 g/mol. The number of nitrogens with zero attached hydrogens (tertiary/aromatic N) is 1. The van der Waals surface area contributed by atoms with E-state index in [1.165, 1.54) is 24.3 Å². The molecular formula is C15H18N2OS. The number of aromatic hydroxyl groups is 1. The van der Waals surface area contributed by atoms with Gasteiger partial charge in [0.2, 0.25) is 0 Å². The molecule has 3 rings (SSSR count). The number of thioether (sulfide) groups is 1. The van der Waals surface area contributed by atoms with Gasteiger partial charge in [0.15, 0.2) is 0 Å². The summed E-state index contributed by atoms with van der Waals surface area (Å²) in [5, 5.41) is 15.2. The predicted molar refractivity (Wildman–Crippen MR) is 81.9 cm³/mol. The van der Waals surface area contributed by atoms with Crippen molar-refractivity contribution in [2.45, 2.75) is 12.8 Å². The van der Waals surface area contributed by atoms with Crippen LogP contribution in [0.2, 0.25) is 0 Å². The minimum atomic E-state index is 0.289. The quantitative estimate of drug-likeness (QED) is 0.899. The number of phenolic OH excluding ortho intramolecular Hbond substituents is 1. The van der Waals surface area contributed by atoms with Crippen LogP contribution in [0.5, 0.6) is 5.75 Å². The van der Waals surface area contributed by atoms with Crippen LogP contribution in [0.4, 0.5) is 5.82 Å². The summed E-state index contributed by atoms with van der Waals surface area (Å²) < 4.78 is 0. The first kappa shape index (κ1) is 12.6. The Bertz CT molecular complexity index is 567. The van der Waals surface area contributed by atoms with Crippen LogP contribution in [-0.4, -0.2) is 28.1 Å². The first-order valence-electron chi connectivity index (χ1n) is 6.72. The van der Waals surface area contributed by atoms with E-state index in [4.69, 9.17) is 0 Å². The lowest BCUT2D eigenvalue weighted by Gasteiger charge is -2.22. The summed E-state index contributed by atoms with van der Waals surface area (Å²) in [7, 11) is 0. The Balaban J connectivity index is 1.78. The Morgan fingerprint density at radius 3 is 2.95 bits per heavy atom. The molecule has 0 bridgehead atoms. The van der Waals surface area contributed by atoms with Gasteiger partial charge >= 0.3 is 0 Å². The molecule has 1 aliphatic rings. The number of anilines is 1. The number of phenols is 1. The van der Waals surface area contributed by atoms with Crippen molar-refractivity contribution in [3.63, 3.8) is 0 Å². The van der Waals surface area contributed by atoms with Gasteiger partial charge in [-0.3, -0.25) is 0 Å². The molecule has 0 aliphatic carbocycles. The minimum Gasteiger partial charge on any atom is -0.508 e. The highest BCUT2D eigenvalue weighted by molar-refractivity contribution is 7.99. The molecule has 0 amide bonds. The van der Waals surface area contributed by atoms with Gasteiger partial charge in [0.05, 0.1) is 0 Å². The zero-order valence-corrected chi connectivity index (χ0v) is 11.6. The van der Waals surface area contributed by atoms with Crippen molar-refractivity contribution < 1.29 is 5.11 Å². The molecule has 1 aromatic carbocycles. The molecule has 0 radical (unpaired) electrons. The van der Waals surface area contributed by atoms with Crippen LogP contribution in [0.1, 0.15) is 12.8 Å². The number of hydrogen-bond acceptors (Lipinski definition) is 4. The van der Waals surface area contributed by atoms with Crippen molar-refractivity contribution in [2.24, 2.45) is 5.92 Å². The summed E-state index contributed by atoms with van der Waals surface area (Å²) in [6.45, 7) is 0.975. The van der Waals surface area contributed by atoms with Gasteiger partial charge in [0, 0.05) is 18.1 Å². The van der Waals surface area contributed by atoms with E-state index < -0.39 is 0 Å². The smallest absolute Gasteiger partial charge is 0.133 e. The van der Waals surface area contributed by atoms with E-state index in [1.807, 2.05) is 30.1 Å². The molecule has 0 spiro atoms. The second kappa shape index (κ2) is 5.70. The van der Waals surface area contributed by atoms with Gasteiger partial charge < -0.3 is 10.4 Å². The molecule has 4 heteroatoms. The third kappa shape index (κ3) is 2.95. The van der Waals surface area contributed by atoms with E-state index in [0.717, 1.165) is 29.1 Å². The Morgan fingerprint density at radius 2 is 2.11 bits per heavy atom. The molecule has 0 saturated carbocycles. The first-order chi connectivity index (χ1) is 9.33. The van der Waals surface area contributed by atoms with Gasteiger partial charge in [0.1, 0.15) is 11.6 Å². The number of rotatable bonds is 3. The fraction of sp³-hybridized carbons (Fsp3) is 0.400. The standard InChI is InChI=1S/C15H18N2OS/c18-13-2-1-12-3-6-16-15(14(12)9-13)17-10-11-4-7-19-8-5-11/h1-3,6,9,11,18H,4-5,7-8,10H2,(H,16,17). The molecule has 1 aliphatic heterocycles. The Morgan fingerprint density at radius 1 is 1.26 bits per heavy atom. The van der Waals surface area contributed by atoms with Gasteiger partial charge in [0.25, 0.3) is 0 Å². The van der Waals surface area contributed by atoms with Crippen LogP contribution in [0.15, 0.2) is 30.5 Å². The summed E-state index contributed by atoms with van der Waals surface area (Å²) >= 11 is 2.05. The van der Waals surface area contributed by atoms with Crippen LogP contribution in [0, 0.1) is 5.92 Å². The van der Waals surface area contributed by atoms with Crippen LogP contribution in [0.25, 0.3) is 10.8 Å². The molecule has 3 nitrogen and oxygen atoms in total. The third-order valence-corrected chi connectivity index (χ3v) is 4.70.